The number of thiophene rings is 1. The maximum atomic E-state index is 12.7. The molecule has 0 unspecified atom stereocenters. The van der Waals surface area contributed by atoms with Crippen LogP contribution in [0, 0.1) is 5.92 Å². The number of nitrogens with zero attached hydrogens (tertiary/aromatic N) is 2. The molecule has 0 saturated heterocycles. The number of rotatable bonds is 8. The van der Waals surface area contributed by atoms with Gasteiger partial charge in [-0.25, -0.2) is 4.79 Å². The molecule has 1 amide bonds. The van der Waals surface area contributed by atoms with E-state index >= 15 is 0 Å². The number of carbonyl (C=O) groups is 2. The molecule has 0 saturated carbocycles. The molecular weight excluding hydrogens is 386 g/mol. The Morgan fingerprint density at radius 1 is 1.14 bits per heavy atom. The van der Waals surface area contributed by atoms with Crippen LogP contribution in [-0.4, -0.2) is 34.3 Å². The minimum atomic E-state index is -0.555. The predicted octanol–water partition coefficient (Wildman–Crippen LogP) is 3.98. The molecule has 3 aromatic rings. The largest absolute Gasteiger partial charge is 0.452 e. The summed E-state index contributed by atoms with van der Waals surface area (Å²) < 4.78 is 7.00. The molecule has 0 spiro atoms. The van der Waals surface area contributed by atoms with Crippen LogP contribution >= 0.6 is 11.3 Å². The molecule has 2 aromatic heterocycles. The first-order valence-electron chi connectivity index (χ1n) is 9.55. The zero-order chi connectivity index (χ0) is 20.8. The average molecular weight is 412 g/mol. The topological polar surface area (TPSA) is 73.2 Å². The lowest BCUT2D eigenvalue weighted by Crippen LogP contribution is -2.38. The van der Waals surface area contributed by atoms with E-state index in [-0.39, 0.29) is 18.6 Å². The van der Waals surface area contributed by atoms with Gasteiger partial charge in [-0.1, -0.05) is 50.2 Å². The molecule has 3 rings (SSSR count). The molecule has 0 aliphatic rings. The van der Waals surface area contributed by atoms with Gasteiger partial charge in [0.15, 0.2) is 6.61 Å². The maximum absolute atomic E-state index is 12.7. The minimum Gasteiger partial charge on any atom is -0.452 e. The van der Waals surface area contributed by atoms with Crippen molar-refractivity contribution in [1.82, 2.24) is 15.1 Å². The number of esters is 1. The average Bonchev–Trinajstić information content (AvgIpc) is 3.36. The summed E-state index contributed by atoms with van der Waals surface area (Å²) in [4.78, 5) is 25.6. The second kappa shape index (κ2) is 9.52. The maximum Gasteiger partial charge on any atom is 0.342 e. The van der Waals surface area contributed by atoms with Crippen LogP contribution in [0.1, 0.15) is 36.7 Å². The van der Waals surface area contributed by atoms with Gasteiger partial charge in [-0.05, 0) is 29.9 Å². The smallest absolute Gasteiger partial charge is 0.342 e. The Morgan fingerprint density at radius 3 is 2.55 bits per heavy atom. The number of aromatic nitrogens is 2. The number of hydrogen-bond donors (Lipinski definition) is 1. The molecule has 0 aliphatic carbocycles. The Labute approximate surface area is 174 Å². The fraction of sp³-hybridized carbons (Fsp3) is 0.318. The highest BCUT2D eigenvalue weighted by atomic mass is 32.1. The van der Waals surface area contributed by atoms with Crippen molar-refractivity contribution in [1.29, 1.82) is 0 Å². The zero-order valence-corrected chi connectivity index (χ0v) is 17.6. The Morgan fingerprint density at radius 2 is 1.90 bits per heavy atom. The van der Waals surface area contributed by atoms with Crippen LogP contribution in [0.3, 0.4) is 0 Å². The summed E-state index contributed by atoms with van der Waals surface area (Å²) in [7, 11) is 0. The third-order valence-corrected chi connectivity index (χ3v) is 5.52. The first-order chi connectivity index (χ1) is 13.9. The predicted molar refractivity (Wildman–Crippen MR) is 114 cm³/mol. The quantitative estimate of drug-likeness (QED) is 0.569. The highest BCUT2D eigenvalue weighted by Gasteiger charge is 2.21. The van der Waals surface area contributed by atoms with Crippen LogP contribution in [-0.2, 0) is 16.1 Å². The van der Waals surface area contributed by atoms with E-state index in [4.69, 9.17) is 4.74 Å². The molecule has 29 heavy (non-hydrogen) atoms. The molecule has 1 aromatic carbocycles. The second-order valence-electron chi connectivity index (χ2n) is 7.23. The second-order valence-corrected chi connectivity index (χ2v) is 8.18. The molecule has 2 heterocycles. The standard InChI is InChI=1S/C22H25N3O3S/c1-15(2)16(3)23-20(26)14-28-22(27)18-13-25(12-17-8-5-4-6-9-17)24-21(18)19-10-7-11-29-19/h4-11,13,15-16H,12,14H2,1-3H3,(H,23,26)/t16-/m0/s1. The lowest BCUT2D eigenvalue weighted by Gasteiger charge is -2.17. The van der Waals surface area contributed by atoms with E-state index in [1.807, 2.05) is 68.6 Å². The zero-order valence-electron chi connectivity index (χ0n) is 16.8. The van der Waals surface area contributed by atoms with E-state index in [0.29, 0.717) is 23.7 Å². The van der Waals surface area contributed by atoms with Gasteiger partial charge in [-0.2, -0.15) is 5.10 Å². The number of ether oxygens (including phenoxy) is 1. The Kier molecular flexibility index (Phi) is 6.82. The minimum absolute atomic E-state index is 0.0107. The fourth-order valence-electron chi connectivity index (χ4n) is 2.69. The van der Waals surface area contributed by atoms with Crippen molar-refractivity contribution in [3.8, 4) is 10.6 Å². The normalized spacial score (nSPS) is 12.0. The summed E-state index contributed by atoms with van der Waals surface area (Å²) in [5.41, 5.74) is 2.00. The Hall–Kier alpha value is -2.93. The van der Waals surface area contributed by atoms with Crippen LogP contribution < -0.4 is 5.32 Å². The van der Waals surface area contributed by atoms with Gasteiger partial charge < -0.3 is 10.1 Å². The third kappa shape index (κ3) is 5.54. The van der Waals surface area contributed by atoms with Gasteiger partial charge in [-0.15, -0.1) is 11.3 Å². The number of hydrogen-bond acceptors (Lipinski definition) is 5. The molecule has 1 atom stereocenters. The van der Waals surface area contributed by atoms with Crippen molar-refractivity contribution in [2.45, 2.75) is 33.4 Å². The van der Waals surface area contributed by atoms with E-state index in [0.717, 1.165) is 10.4 Å². The molecular formula is C22H25N3O3S. The van der Waals surface area contributed by atoms with Crippen LogP contribution in [0.15, 0.2) is 54.0 Å². The lowest BCUT2D eigenvalue weighted by atomic mass is 10.1. The van der Waals surface area contributed by atoms with Crippen LogP contribution in [0.2, 0.25) is 0 Å². The van der Waals surface area contributed by atoms with E-state index in [9.17, 15) is 9.59 Å². The molecule has 7 heteroatoms. The fourth-order valence-corrected chi connectivity index (χ4v) is 3.41. The van der Waals surface area contributed by atoms with E-state index in [2.05, 4.69) is 10.4 Å². The van der Waals surface area contributed by atoms with Crippen LogP contribution in [0.5, 0.6) is 0 Å². The highest BCUT2D eigenvalue weighted by Crippen LogP contribution is 2.27. The van der Waals surface area contributed by atoms with E-state index in [1.54, 1.807) is 10.9 Å². The van der Waals surface area contributed by atoms with Gasteiger partial charge in [0.05, 0.1) is 11.4 Å². The number of amides is 1. The summed E-state index contributed by atoms with van der Waals surface area (Å²) in [6.45, 7) is 6.19. The van der Waals surface area contributed by atoms with E-state index < -0.39 is 5.97 Å². The summed E-state index contributed by atoms with van der Waals surface area (Å²) >= 11 is 1.50. The first kappa shape index (κ1) is 20.8. The molecule has 0 aliphatic heterocycles. The molecule has 152 valence electrons. The molecule has 0 fully saturated rings. The van der Waals surface area contributed by atoms with Crippen molar-refractivity contribution in [3.05, 3.63) is 65.2 Å². The van der Waals surface area contributed by atoms with Gasteiger partial charge in [0.1, 0.15) is 11.3 Å². The highest BCUT2D eigenvalue weighted by molar-refractivity contribution is 7.13. The Bertz CT molecular complexity index is 949. The van der Waals surface area contributed by atoms with Gasteiger partial charge >= 0.3 is 5.97 Å². The van der Waals surface area contributed by atoms with Crippen LogP contribution in [0.25, 0.3) is 10.6 Å². The summed E-state index contributed by atoms with van der Waals surface area (Å²) in [5.74, 6) is -0.565. The SMILES string of the molecule is CC(C)[C@H](C)NC(=O)COC(=O)c1cn(Cc2ccccc2)nc1-c1cccs1. The Balaban J connectivity index is 1.74. The first-order valence-corrected chi connectivity index (χ1v) is 10.4. The van der Waals surface area contributed by atoms with Gasteiger partial charge in [0, 0.05) is 12.2 Å². The molecule has 0 radical (unpaired) electrons. The van der Waals surface area contributed by atoms with Crippen molar-refractivity contribution in [2.24, 2.45) is 5.92 Å². The lowest BCUT2D eigenvalue weighted by molar-refractivity contribution is -0.125. The van der Waals surface area contributed by atoms with Gasteiger partial charge in [0.25, 0.3) is 5.91 Å². The van der Waals surface area contributed by atoms with Crippen molar-refractivity contribution in [2.75, 3.05) is 6.61 Å². The van der Waals surface area contributed by atoms with E-state index in [1.165, 1.54) is 11.3 Å². The summed E-state index contributed by atoms with van der Waals surface area (Å²) in [5, 5.41) is 9.36. The number of nitrogens with one attached hydrogen (secondary N) is 1. The molecule has 0 bridgehead atoms. The van der Waals surface area contributed by atoms with Crippen molar-refractivity contribution >= 4 is 23.2 Å². The third-order valence-electron chi connectivity index (χ3n) is 4.65. The summed E-state index contributed by atoms with van der Waals surface area (Å²) in [6.07, 6.45) is 1.68. The van der Waals surface area contributed by atoms with Gasteiger partial charge in [0.2, 0.25) is 0 Å². The monoisotopic (exact) mass is 411 g/mol. The summed E-state index contributed by atoms with van der Waals surface area (Å²) in [6, 6.07) is 13.7. The molecule has 6 nitrogen and oxygen atoms in total. The molecule has 1 N–H and O–H groups in total. The van der Waals surface area contributed by atoms with Crippen LogP contribution in [0.4, 0.5) is 0 Å². The number of benzene rings is 1. The van der Waals surface area contributed by atoms with Crippen molar-refractivity contribution in [3.63, 3.8) is 0 Å². The van der Waals surface area contributed by atoms with Gasteiger partial charge in [-0.3, -0.25) is 9.48 Å². The number of carbonyl (C=O) groups excluding carboxylic acids is 2. The van der Waals surface area contributed by atoms with Crippen molar-refractivity contribution < 1.29 is 14.3 Å².